The van der Waals surface area contributed by atoms with Crippen molar-refractivity contribution < 1.29 is 14.3 Å². The summed E-state index contributed by atoms with van der Waals surface area (Å²) >= 11 is 0.943. The lowest BCUT2D eigenvalue weighted by Crippen LogP contribution is -2.37. The summed E-state index contributed by atoms with van der Waals surface area (Å²) in [4.78, 5) is 30.0. The number of pyridine rings is 1. The molecule has 2 heterocycles. The molecule has 0 fully saturated rings. The van der Waals surface area contributed by atoms with Gasteiger partial charge in [-0.05, 0) is 30.7 Å². The van der Waals surface area contributed by atoms with E-state index in [2.05, 4.69) is 38.7 Å². The van der Waals surface area contributed by atoms with Gasteiger partial charge in [0.25, 0.3) is 5.91 Å². The highest BCUT2D eigenvalue weighted by Crippen LogP contribution is 2.30. The summed E-state index contributed by atoms with van der Waals surface area (Å²) in [7, 11) is 0. The number of primary amides is 1. The van der Waals surface area contributed by atoms with Crippen LogP contribution < -0.4 is 21.1 Å². The second-order valence-corrected chi connectivity index (χ2v) is 6.39. The second-order valence-electron chi connectivity index (χ2n) is 5.61. The lowest BCUT2D eigenvalue weighted by Gasteiger charge is -2.17. The number of nitrogens with two attached hydrogens (primary N) is 1. The molecule has 0 aromatic carbocycles. The van der Waals surface area contributed by atoms with Gasteiger partial charge in [0.05, 0.1) is 0 Å². The third-order valence-corrected chi connectivity index (χ3v) is 4.59. The van der Waals surface area contributed by atoms with Crippen LogP contribution in [0.1, 0.15) is 29.8 Å². The number of urea groups is 1. The van der Waals surface area contributed by atoms with E-state index in [9.17, 15) is 9.59 Å². The van der Waals surface area contributed by atoms with Crippen LogP contribution in [0, 0.1) is 0 Å². The van der Waals surface area contributed by atoms with E-state index in [4.69, 9.17) is 10.5 Å². The first kappa shape index (κ1) is 20.6. The summed E-state index contributed by atoms with van der Waals surface area (Å²) in [6, 6.07) is 3.20. The maximum absolute atomic E-state index is 12.1. The van der Waals surface area contributed by atoms with Crippen molar-refractivity contribution in [3.05, 3.63) is 35.7 Å². The number of carbonyl (C=O) groups is 2. The van der Waals surface area contributed by atoms with Gasteiger partial charge in [0.15, 0.2) is 0 Å². The molecule has 10 heteroatoms. The Morgan fingerprint density at radius 3 is 2.74 bits per heavy atom. The lowest BCUT2D eigenvalue weighted by atomic mass is 10.3. The number of hydrogen-bond donors (Lipinski definition) is 3. The Morgan fingerprint density at radius 2 is 2.11 bits per heavy atom. The summed E-state index contributed by atoms with van der Waals surface area (Å²) in [5.74, 6) is -0.627. The minimum atomic E-state index is -0.719. The number of anilines is 1. The first-order chi connectivity index (χ1) is 13.0. The van der Waals surface area contributed by atoms with E-state index < -0.39 is 11.9 Å². The van der Waals surface area contributed by atoms with Crippen LogP contribution in [0.2, 0.25) is 0 Å². The monoisotopic (exact) mass is 392 g/mol. The highest BCUT2D eigenvalue weighted by molar-refractivity contribution is 7.11. The number of likely N-dealkylation sites (N-methyl/N-ethyl adjacent to an activating group) is 1. The molecule has 2 rings (SSSR count). The van der Waals surface area contributed by atoms with E-state index in [-0.39, 0.29) is 23.1 Å². The van der Waals surface area contributed by atoms with Gasteiger partial charge in [0, 0.05) is 31.0 Å². The van der Waals surface area contributed by atoms with E-state index >= 15 is 0 Å². The summed E-state index contributed by atoms with van der Waals surface area (Å²) in [6.45, 7) is 7.37. The molecule has 0 radical (unpaired) electrons. The van der Waals surface area contributed by atoms with Gasteiger partial charge in [-0.3, -0.25) is 15.1 Å². The zero-order chi connectivity index (χ0) is 19.6. The molecular formula is C17H24N6O3S. The van der Waals surface area contributed by atoms with Crippen LogP contribution in [-0.2, 0) is 6.61 Å². The topological polar surface area (TPSA) is 122 Å². The van der Waals surface area contributed by atoms with Crippen LogP contribution in [0.3, 0.4) is 0 Å². The van der Waals surface area contributed by atoms with Crippen LogP contribution in [0.4, 0.5) is 9.80 Å². The Morgan fingerprint density at radius 1 is 1.33 bits per heavy atom. The highest BCUT2D eigenvalue weighted by atomic mass is 32.1. The zero-order valence-corrected chi connectivity index (χ0v) is 16.2. The third kappa shape index (κ3) is 6.19. The van der Waals surface area contributed by atoms with Crippen molar-refractivity contribution in [2.24, 2.45) is 5.73 Å². The number of hydrogen-bond acceptors (Lipinski definition) is 7. The molecule has 9 nitrogen and oxygen atoms in total. The normalized spacial score (nSPS) is 10.6. The molecule has 146 valence electrons. The second kappa shape index (κ2) is 10.4. The zero-order valence-electron chi connectivity index (χ0n) is 15.4. The van der Waals surface area contributed by atoms with Crippen molar-refractivity contribution in [2.75, 3.05) is 31.5 Å². The van der Waals surface area contributed by atoms with E-state index in [1.807, 2.05) is 6.07 Å². The predicted molar refractivity (Wildman–Crippen MR) is 104 cm³/mol. The van der Waals surface area contributed by atoms with Crippen LogP contribution in [0.15, 0.2) is 24.5 Å². The number of nitrogens with zero attached hydrogens (tertiary/aromatic N) is 3. The summed E-state index contributed by atoms with van der Waals surface area (Å²) < 4.78 is 9.66. The van der Waals surface area contributed by atoms with E-state index in [0.717, 1.165) is 36.7 Å². The van der Waals surface area contributed by atoms with Gasteiger partial charge < -0.3 is 20.7 Å². The van der Waals surface area contributed by atoms with Gasteiger partial charge in [-0.15, -0.1) is 0 Å². The number of nitrogens with one attached hydrogen (secondary N) is 2. The van der Waals surface area contributed by atoms with Crippen molar-refractivity contribution in [3.8, 4) is 5.88 Å². The lowest BCUT2D eigenvalue weighted by molar-refractivity contribution is 0.0996. The Kier molecular flexibility index (Phi) is 7.96. The average molecular weight is 392 g/mol. The molecule has 0 saturated heterocycles. The smallest absolute Gasteiger partial charge is 0.319 e. The van der Waals surface area contributed by atoms with Crippen LogP contribution in [-0.4, -0.2) is 52.4 Å². The first-order valence-electron chi connectivity index (χ1n) is 8.63. The maximum Gasteiger partial charge on any atom is 0.319 e. The Balaban J connectivity index is 1.95. The molecular weight excluding hydrogens is 368 g/mol. The van der Waals surface area contributed by atoms with E-state index in [1.165, 1.54) is 0 Å². The first-order valence-corrected chi connectivity index (χ1v) is 9.40. The van der Waals surface area contributed by atoms with Crippen LogP contribution >= 0.6 is 11.5 Å². The molecule has 4 N–H and O–H groups in total. The summed E-state index contributed by atoms with van der Waals surface area (Å²) in [6.07, 6.45) is 3.31. The Labute approximate surface area is 162 Å². The van der Waals surface area contributed by atoms with E-state index in [0.29, 0.717) is 6.54 Å². The molecule has 0 saturated carbocycles. The molecule has 0 spiro atoms. The van der Waals surface area contributed by atoms with Crippen LogP contribution in [0.5, 0.6) is 5.88 Å². The number of rotatable bonds is 10. The predicted octanol–water partition coefficient (Wildman–Crippen LogP) is 1.68. The Bertz CT molecular complexity index is 748. The maximum atomic E-state index is 12.1. The van der Waals surface area contributed by atoms with Crippen LogP contribution in [0.25, 0.3) is 0 Å². The van der Waals surface area contributed by atoms with Crippen molar-refractivity contribution in [3.63, 3.8) is 0 Å². The van der Waals surface area contributed by atoms with Gasteiger partial charge in [0.2, 0.25) is 5.88 Å². The number of aromatic nitrogens is 2. The fraction of sp³-hybridized carbons (Fsp3) is 0.412. The minimum absolute atomic E-state index is 0.0581. The molecule has 0 aliphatic heterocycles. The molecule has 0 bridgehead atoms. The SMILES string of the molecule is CCN(CC)CCNC(=O)Nc1snc(OCc2cccnc2)c1C(N)=O. The van der Waals surface area contributed by atoms with E-state index in [1.54, 1.807) is 18.5 Å². The van der Waals surface area contributed by atoms with Gasteiger partial charge in [-0.2, -0.15) is 4.37 Å². The average Bonchev–Trinajstić information content (AvgIpc) is 3.07. The van der Waals surface area contributed by atoms with Gasteiger partial charge in [0.1, 0.15) is 17.2 Å². The number of carbonyl (C=O) groups excluding carboxylic acids is 2. The van der Waals surface area contributed by atoms with Gasteiger partial charge in [-0.25, -0.2) is 4.79 Å². The molecule has 27 heavy (non-hydrogen) atoms. The summed E-state index contributed by atoms with van der Waals surface area (Å²) in [5, 5.41) is 5.62. The van der Waals surface area contributed by atoms with Gasteiger partial charge in [-0.1, -0.05) is 19.9 Å². The molecule has 3 amide bonds. The van der Waals surface area contributed by atoms with Gasteiger partial charge >= 0.3 is 6.03 Å². The fourth-order valence-electron chi connectivity index (χ4n) is 2.33. The van der Waals surface area contributed by atoms with Crippen molar-refractivity contribution in [1.82, 2.24) is 19.6 Å². The molecule has 0 aliphatic carbocycles. The fourth-order valence-corrected chi connectivity index (χ4v) is 3.06. The van der Waals surface area contributed by atoms with Crippen molar-refractivity contribution >= 4 is 28.5 Å². The molecule has 2 aromatic heterocycles. The highest BCUT2D eigenvalue weighted by Gasteiger charge is 2.22. The number of amides is 3. The molecule has 0 aliphatic rings. The largest absolute Gasteiger partial charge is 0.472 e. The molecule has 0 unspecified atom stereocenters. The van der Waals surface area contributed by atoms with Crippen molar-refractivity contribution in [1.29, 1.82) is 0 Å². The number of ether oxygens (including phenoxy) is 1. The summed E-state index contributed by atoms with van der Waals surface area (Å²) in [5.41, 5.74) is 6.32. The standard InChI is InChI=1S/C17H24N6O3S/c1-3-23(4-2)9-8-20-17(25)21-16-13(14(18)24)15(22-27-16)26-11-12-6-5-7-19-10-12/h5-7,10H,3-4,8-9,11H2,1-2H3,(H2,18,24)(H2,20,21,25). The minimum Gasteiger partial charge on any atom is -0.472 e. The van der Waals surface area contributed by atoms with Crippen molar-refractivity contribution in [2.45, 2.75) is 20.5 Å². The quantitative estimate of drug-likeness (QED) is 0.565. The molecule has 0 atom stereocenters. The molecule has 2 aromatic rings. The third-order valence-electron chi connectivity index (χ3n) is 3.84. The Hall–Kier alpha value is -2.72.